The van der Waals surface area contributed by atoms with Crippen molar-refractivity contribution < 1.29 is 19.1 Å². The van der Waals surface area contributed by atoms with Crippen molar-refractivity contribution in [2.45, 2.75) is 13.8 Å². The predicted molar refractivity (Wildman–Crippen MR) is 108 cm³/mol. The lowest BCUT2D eigenvalue weighted by atomic mass is 10.1. The highest BCUT2D eigenvalue weighted by molar-refractivity contribution is 9.10. The zero-order valence-electron chi connectivity index (χ0n) is 14.1. The summed E-state index contributed by atoms with van der Waals surface area (Å²) in [6.07, 6.45) is 0. The minimum atomic E-state index is -0.536. The average Bonchev–Trinajstić information content (AvgIpc) is 3.01. The summed E-state index contributed by atoms with van der Waals surface area (Å²) in [7, 11) is 0. The van der Waals surface area contributed by atoms with Crippen LogP contribution in [0, 0.1) is 0 Å². The maximum Gasteiger partial charge on any atom is 0.326 e. The number of ether oxygens (including phenoxy) is 1. The van der Waals surface area contributed by atoms with Crippen LogP contribution in [0.1, 0.15) is 19.4 Å². The van der Waals surface area contributed by atoms with Gasteiger partial charge in [-0.15, -0.1) is 0 Å². The molecule has 2 heterocycles. The molecule has 9 heteroatoms. The van der Waals surface area contributed by atoms with Crippen molar-refractivity contribution in [1.29, 1.82) is 0 Å². The van der Waals surface area contributed by atoms with Crippen LogP contribution in [0.3, 0.4) is 0 Å². The summed E-state index contributed by atoms with van der Waals surface area (Å²) in [6.45, 7) is 4.01. The number of halogens is 1. The molecule has 0 atom stereocenters. The molecule has 0 aromatic heterocycles. The van der Waals surface area contributed by atoms with Gasteiger partial charge in [-0.05, 0) is 32.0 Å². The van der Waals surface area contributed by atoms with Crippen LogP contribution in [0.4, 0.5) is 5.69 Å². The first kappa shape index (κ1) is 19.1. The number of fused-ring (bicyclic) bond motifs is 1. The molecular weight excluding hydrogens is 440 g/mol. The second-order valence-corrected chi connectivity index (χ2v) is 8.04. The minimum Gasteiger partial charge on any atom is -0.465 e. The standard InChI is InChI=1S/C17H15BrN2O4S2/c1-3-19-11-6-5-9(18)7-10(11)13(15(19)22)14-16(23)20(17(25)26-14)8-12(21)24-4-2/h5-7H,3-4,8H2,1-2H3. The molecule has 1 saturated heterocycles. The normalized spacial score (nSPS) is 19.4. The van der Waals surface area contributed by atoms with Gasteiger partial charge in [-0.1, -0.05) is 39.9 Å². The van der Waals surface area contributed by atoms with Crippen LogP contribution < -0.4 is 4.90 Å². The molecule has 26 heavy (non-hydrogen) atoms. The molecule has 0 saturated carbocycles. The fourth-order valence-electron chi connectivity index (χ4n) is 2.86. The molecular formula is C17H15BrN2O4S2. The third-order valence-corrected chi connectivity index (χ3v) is 5.90. The zero-order valence-corrected chi connectivity index (χ0v) is 17.3. The number of esters is 1. The van der Waals surface area contributed by atoms with E-state index in [9.17, 15) is 14.4 Å². The first-order valence-electron chi connectivity index (χ1n) is 7.94. The van der Waals surface area contributed by atoms with Crippen molar-refractivity contribution in [1.82, 2.24) is 4.90 Å². The van der Waals surface area contributed by atoms with Gasteiger partial charge in [-0.25, -0.2) is 0 Å². The molecule has 2 amide bonds. The molecule has 0 N–H and O–H groups in total. The maximum absolute atomic E-state index is 12.9. The largest absolute Gasteiger partial charge is 0.465 e. The third kappa shape index (κ3) is 3.19. The lowest BCUT2D eigenvalue weighted by Gasteiger charge is -2.14. The van der Waals surface area contributed by atoms with E-state index in [2.05, 4.69) is 15.9 Å². The van der Waals surface area contributed by atoms with E-state index in [0.29, 0.717) is 17.7 Å². The Balaban J connectivity index is 2.04. The number of rotatable bonds is 4. The number of nitrogens with zero attached hydrogens (tertiary/aromatic N) is 2. The van der Waals surface area contributed by atoms with Crippen LogP contribution in [0.5, 0.6) is 0 Å². The van der Waals surface area contributed by atoms with Crippen molar-refractivity contribution in [2.24, 2.45) is 0 Å². The van der Waals surface area contributed by atoms with E-state index in [4.69, 9.17) is 17.0 Å². The molecule has 136 valence electrons. The van der Waals surface area contributed by atoms with Crippen LogP contribution in [0.25, 0.3) is 5.57 Å². The number of carbonyl (C=O) groups is 3. The SMILES string of the molecule is CCOC(=O)CN1C(=O)C(=C2C(=O)N(CC)c3ccc(Br)cc32)SC1=S. The highest BCUT2D eigenvalue weighted by Crippen LogP contribution is 2.45. The van der Waals surface area contributed by atoms with Gasteiger partial charge in [0.1, 0.15) is 10.9 Å². The summed E-state index contributed by atoms with van der Waals surface area (Å²) >= 11 is 9.70. The maximum atomic E-state index is 12.9. The second-order valence-electron chi connectivity index (χ2n) is 5.48. The number of thioether (sulfide) groups is 1. The van der Waals surface area contributed by atoms with E-state index in [1.54, 1.807) is 11.8 Å². The van der Waals surface area contributed by atoms with Crippen molar-refractivity contribution in [2.75, 3.05) is 24.6 Å². The zero-order chi connectivity index (χ0) is 19.0. The molecule has 0 radical (unpaired) electrons. The van der Waals surface area contributed by atoms with Crippen LogP contribution in [0.2, 0.25) is 0 Å². The van der Waals surface area contributed by atoms with E-state index < -0.39 is 11.9 Å². The van der Waals surface area contributed by atoms with Crippen molar-refractivity contribution in [3.8, 4) is 0 Å². The van der Waals surface area contributed by atoms with Gasteiger partial charge in [-0.3, -0.25) is 19.3 Å². The highest BCUT2D eigenvalue weighted by atomic mass is 79.9. The van der Waals surface area contributed by atoms with Gasteiger partial charge in [0.05, 0.1) is 22.8 Å². The Morgan fingerprint density at radius 1 is 1.23 bits per heavy atom. The molecule has 2 aliphatic rings. The molecule has 1 fully saturated rings. The first-order chi connectivity index (χ1) is 12.4. The van der Waals surface area contributed by atoms with Gasteiger partial charge in [0.15, 0.2) is 0 Å². The van der Waals surface area contributed by atoms with E-state index in [1.807, 2.05) is 25.1 Å². The summed E-state index contributed by atoms with van der Waals surface area (Å²) < 4.78 is 5.94. The van der Waals surface area contributed by atoms with Crippen molar-refractivity contribution in [3.05, 3.63) is 33.1 Å². The van der Waals surface area contributed by atoms with Gasteiger partial charge in [0, 0.05) is 16.6 Å². The topological polar surface area (TPSA) is 66.9 Å². The summed E-state index contributed by atoms with van der Waals surface area (Å²) in [5.74, 6) is -1.22. The number of anilines is 1. The molecule has 0 unspecified atom stereocenters. The predicted octanol–water partition coefficient (Wildman–Crippen LogP) is 2.95. The monoisotopic (exact) mass is 454 g/mol. The summed E-state index contributed by atoms with van der Waals surface area (Å²) in [5.41, 5.74) is 1.76. The third-order valence-electron chi connectivity index (χ3n) is 3.96. The Bertz CT molecular complexity index is 868. The van der Waals surface area contributed by atoms with Crippen LogP contribution in [-0.2, 0) is 19.1 Å². The second kappa shape index (κ2) is 7.50. The number of hydrogen-bond acceptors (Lipinski definition) is 6. The molecule has 0 spiro atoms. The number of likely N-dealkylation sites (N-methyl/N-ethyl adjacent to an activating group) is 1. The highest BCUT2D eigenvalue weighted by Gasteiger charge is 2.42. The minimum absolute atomic E-state index is 0.222. The van der Waals surface area contributed by atoms with E-state index in [-0.39, 0.29) is 28.3 Å². The number of carbonyl (C=O) groups excluding carboxylic acids is 3. The van der Waals surface area contributed by atoms with Gasteiger partial charge in [0.25, 0.3) is 11.8 Å². The number of thiocarbonyl (C=S) groups is 1. The summed E-state index contributed by atoms with van der Waals surface area (Å²) in [6, 6.07) is 5.51. The summed E-state index contributed by atoms with van der Waals surface area (Å²) in [5, 5.41) is 0. The van der Waals surface area contributed by atoms with Crippen LogP contribution >= 0.6 is 39.9 Å². The molecule has 0 aliphatic carbocycles. The lowest BCUT2D eigenvalue weighted by molar-refractivity contribution is -0.145. The van der Waals surface area contributed by atoms with Crippen molar-refractivity contribution in [3.63, 3.8) is 0 Å². The van der Waals surface area contributed by atoms with Gasteiger partial charge < -0.3 is 9.64 Å². The summed E-state index contributed by atoms with van der Waals surface area (Å²) in [4.78, 5) is 40.5. The average molecular weight is 455 g/mol. The van der Waals surface area contributed by atoms with Gasteiger partial charge in [-0.2, -0.15) is 0 Å². The molecule has 6 nitrogen and oxygen atoms in total. The van der Waals surface area contributed by atoms with E-state index in [1.165, 1.54) is 4.90 Å². The Morgan fingerprint density at radius 2 is 1.96 bits per heavy atom. The molecule has 1 aromatic carbocycles. The van der Waals surface area contributed by atoms with Crippen LogP contribution in [-0.4, -0.2) is 46.7 Å². The van der Waals surface area contributed by atoms with E-state index >= 15 is 0 Å². The van der Waals surface area contributed by atoms with Crippen LogP contribution in [0.15, 0.2) is 27.6 Å². The fraction of sp³-hybridized carbons (Fsp3) is 0.294. The first-order valence-corrected chi connectivity index (χ1v) is 9.96. The smallest absolute Gasteiger partial charge is 0.326 e. The number of hydrogen-bond donors (Lipinski definition) is 0. The Labute approximate surface area is 168 Å². The van der Waals surface area contributed by atoms with Crippen molar-refractivity contribution >= 4 is 73.3 Å². The molecule has 2 aliphatic heterocycles. The molecule has 0 bridgehead atoms. The quantitative estimate of drug-likeness (QED) is 0.395. The lowest BCUT2D eigenvalue weighted by Crippen LogP contribution is -2.34. The van der Waals surface area contributed by atoms with Gasteiger partial charge >= 0.3 is 5.97 Å². The number of amides is 2. The van der Waals surface area contributed by atoms with Gasteiger partial charge in [0.2, 0.25) is 0 Å². The molecule has 1 aromatic rings. The Hall–Kier alpha value is -1.71. The molecule has 3 rings (SSSR count). The Kier molecular flexibility index (Phi) is 5.50. The Morgan fingerprint density at radius 3 is 2.62 bits per heavy atom. The number of benzene rings is 1. The fourth-order valence-corrected chi connectivity index (χ4v) is 4.55. The van der Waals surface area contributed by atoms with E-state index in [0.717, 1.165) is 21.9 Å².